The molecule has 0 amide bonds. The molecular weight excluding hydrogens is 893 g/mol. The SMILES string of the molecule is c1ccc(-c2cccc(-c3ccc(-c4ccc(N(c5ccccc5)c5ccc(-c6ccc(N(c7ccccc7)c7ccc(-c8ccc(-c9cccc(-c%10ccccc%10)c9)cc8)cc7)cc6)cc5)cc4)cc3)c2)cc1. The maximum atomic E-state index is 2.32. The summed E-state index contributed by atoms with van der Waals surface area (Å²) in [4.78, 5) is 4.65. The van der Waals surface area contributed by atoms with Crippen LogP contribution in [0.2, 0.25) is 0 Å². The van der Waals surface area contributed by atoms with E-state index in [1.165, 1.54) is 66.8 Å². The van der Waals surface area contributed by atoms with Gasteiger partial charge in [0, 0.05) is 34.1 Å². The normalized spacial score (nSPS) is 11.0. The molecule has 0 saturated carbocycles. The highest BCUT2D eigenvalue weighted by Gasteiger charge is 2.16. The number of rotatable bonds is 13. The molecule has 0 heterocycles. The number of hydrogen-bond donors (Lipinski definition) is 0. The molecule has 12 aromatic rings. The lowest BCUT2D eigenvalue weighted by Crippen LogP contribution is -2.10. The number of benzene rings is 12. The maximum Gasteiger partial charge on any atom is 0.0462 e. The molecule has 2 heteroatoms. The first-order valence-electron chi connectivity index (χ1n) is 25.3. The van der Waals surface area contributed by atoms with Gasteiger partial charge < -0.3 is 9.80 Å². The van der Waals surface area contributed by atoms with Crippen LogP contribution in [0.3, 0.4) is 0 Å². The monoisotopic (exact) mass is 944 g/mol. The fourth-order valence-corrected chi connectivity index (χ4v) is 9.99. The fourth-order valence-electron chi connectivity index (χ4n) is 9.99. The Labute approximate surface area is 435 Å². The topological polar surface area (TPSA) is 6.48 Å². The molecule has 0 fully saturated rings. The highest BCUT2D eigenvalue weighted by Crippen LogP contribution is 2.40. The summed E-state index contributed by atoms with van der Waals surface area (Å²) < 4.78 is 0. The molecule has 0 unspecified atom stereocenters. The van der Waals surface area contributed by atoms with Crippen molar-refractivity contribution in [3.05, 3.63) is 315 Å². The van der Waals surface area contributed by atoms with Crippen LogP contribution >= 0.6 is 0 Å². The third kappa shape index (κ3) is 9.81. The molecule has 0 radical (unpaired) electrons. The number of anilines is 6. The van der Waals surface area contributed by atoms with E-state index < -0.39 is 0 Å². The van der Waals surface area contributed by atoms with Crippen LogP contribution in [-0.4, -0.2) is 0 Å². The van der Waals surface area contributed by atoms with E-state index in [1.54, 1.807) is 0 Å². The van der Waals surface area contributed by atoms with Crippen LogP contribution in [0.25, 0.3) is 77.9 Å². The van der Waals surface area contributed by atoms with Crippen LogP contribution in [0.4, 0.5) is 34.1 Å². The average molecular weight is 945 g/mol. The third-order valence-corrected chi connectivity index (χ3v) is 13.9. The first-order chi connectivity index (χ1) is 36.7. The molecule has 2 nitrogen and oxygen atoms in total. The van der Waals surface area contributed by atoms with E-state index in [9.17, 15) is 0 Å². The van der Waals surface area contributed by atoms with Crippen LogP contribution in [0.1, 0.15) is 0 Å². The van der Waals surface area contributed by atoms with Gasteiger partial charge in [-0.05, 0) is 163 Å². The smallest absolute Gasteiger partial charge is 0.0462 e. The van der Waals surface area contributed by atoms with Crippen molar-refractivity contribution < 1.29 is 0 Å². The fraction of sp³-hybridized carbons (Fsp3) is 0. The molecule has 0 aliphatic carbocycles. The van der Waals surface area contributed by atoms with Crippen molar-refractivity contribution in [3.63, 3.8) is 0 Å². The van der Waals surface area contributed by atoms with Gasteiger partial charge in [0.25, 0.3) is 0 Å². The van der Waals surface area contributed by atoms with E-state index in [2.05, 4.69) is 325 Å². The Morgan fingerprint density at radius 1 is 0.122 bits per heavy atom. The average Bonchev–Trinajstić information content (AvgIpc) is 3.49. The zero-order valence-corrected chi connectivity index (χ0v) is 40.9. The van der Waals surface area contributed by atoms with E-state index >= 15 is 0 Å². The largest absolute Gasteiger partial charge is 0.311 e. The summed E-state index contributed by atoms with van der Waals surface area (Å²) in [5.74, 6) is 0. The van der Waals surface area contributed by atoms with Crippen molar-refractivity contribution in [2.75, 3.05) is 9.80 Å². The Morgan fingerprint density at radius 3 is 0.527 bits per heavy atom. The zero-order chi connectivity index (χ0) is 49.5. The molecule has 0 aliphatic heterocycles. The van der Waals surface area contributed by atoms with Crippen LogP contribution in [0.15, 0.2) is 315 Å². The van der Waals surface area contributed by atoms with Gasteiger partial charge >= 0.3 is 0 Å². The number of hydrogen-bond acceptors (Lipinski definition) is 2. The van der Waals surface area contributed by atoms with Gasteiger partial charge in [-0.2, -0.15) is 0 Å². The summed E-state index contributed by atoms with van der Waals surface area (Å²) in [6.07, 6.45) is 0. The van der Waals surface area contributed by atoms with Gasteiger partial charge in [0.1, 0.15) is 0 Å². The van der Waals surface area contributed by atoms with Gasteiger partial charge in [0.15, 0.2) is 0 Å². The third-order valence-electron chi connectivity index (χ3n) is 13.9. The van der Waals surface area contributed by atoms with E-state index in [4.69, 9.17) is 0 Å². The molecule has 350 valence electrons. The highest BCUT2D eigenvalue weighted by atomic mass is 15.1. The van der Waals surface area contributed by atoms with Crippen LogP contribution in [0.5, 0.6) is 0 Å². The number of nitrogens with zero attached hydrogens (tertiary/aromatic N) is 2. The van der Waals surface area contributed by atoms with Crippen molar-refractivity contribution in [3.8, 4) is 77.9 Å². The second-order valence-electron chi connectivity index (χ2n) is 18.6. The molecule has 0 N–H and O–H groups in total. The summed E-state index contributed by atoms with van der Waals surface area (Å²) in [6, 6.07) is 113. The van der Waals surface area contributed by atoms with Gasteiger partial charge in [-0.1, -0.05) is 231 Å². The molecule has 74 heavy (non-hydrogen) atoms. The van der Waals surface area contributed by atoms with E-state index in [-0.39, 0.29) is 0 Å². The summed E-state index contributed by atoms with van der Waals surface area (Å²) in [7, 11) is 0. The molecule has 0 bridgehead atoms. The van der Waals surface area contributed by atoms with E-state index in [0.717, 1.165) is 45.3 Å². The van der Waals surface area contributed by atoms with Gasteiger partial charge in [-0.15, -0.1) is 0 Å². The summed E-state index contributed by atoms with van der Waals surface area (Å²) >= 11 is 0. The zero-order valence-electron chi connectivity index (χ0n) is 40.9. The van der Waals surface area contributed by atoms with E-state index in [1.807, 2.05) is 0 Å². The first-order valence-corrected chi connectivity index (χ1v) is 25.3. The van der Waals surface area contributed by atoms with E-state index in [0.29, 0.717) is 0 Å². The van der Waals surface area contributed by atoms with Gasteiger partial charge in [0.05, 0.1) is 0 Å². The maximum absolute atomic E-state index is 2.32. The van der Waals surface area contributed by atoms with Crippen molar-refractivity contribution in [1.29, 1.82) is 0 Å². The van der Waals surface area contributed by atoms with Crippen molar-refractivity contribution in [2.45, 2.75) is 0 Å². The molecule has 0 aromatic heterocycles. The van der Waals surface area contributed by atoms with Crippen LogP contribution in [0, 0.1) is 0 Å². The lowest BCUT2D eigenvalue weighted by Gasteiger charge is -2.26. The Bertz CT molecular complexity index is 3490. The Balaban J connectivity index is 0.759. The second kappa shape index (κ2) is 20.9. The molecule has 0 atom stereocenters. The quantitative estimate of drug-likeness (QED) is 0.114. The number of para-hydroxylation sites is 2. The first kappa shape index (κ1) is 45.4. The minimum atomic E-state index is 1.09. The Hall–Kier alpha value is -9.76. The van der Waals surface area contributed by atoms with Gasteiger partial charge in [-0.25, -0.2) is 0 Å². The van der Waals surface area contributed by atoms with Gasteiger partial charge in [-0.3, -0.25) is 0 Å². The summed E-state index contributed by atoms with van der Waals surface area (Å²) in [6.45, 7) is 0. The van der Waals surface area contributed by atoms with Crippen molar-refractivity contribution >= 4 is 34.1 Å². The molecule has 12 aromatic carbocycles. The summed E-state index contributed by atoms with van der Waals surface area (Å²) in [5.41, 5.74) is 23.3. The molecule has 12 rings (SSSR count). The Kier molecular flexibility index (Phi) is 12.8. The molecule has 0 saturated heterocycles. The minimum Gasteiger partial charge on any atom is -0.311 e. The standard InChI is InChI=1S/C72H52N2/c1-5-15-53(16-6-1)63-19-13-21-65(51-63)61-31-27-55(28-32-61)57-35-43-69(44-36-57)73(67-23-9-3-10-24-67)71-47-39-59(40-48-71)60-41-49-72(50-42-60)74(68-25-11-4-12-26-68)70-45-37-58(38-46-70)56-29-33-62(34-30-56)66-22-14-20-64(52-66)54-17-7-2-8-18-54/h1-52H. The lowest BCUT2D eigenvalue weighted by atomic mass is 9.97. The second-order valence-corrected chi connectivity index (χ2v) is 18.6. The molecule has 0 spiro atoms. The highest BCUT2D eigenvalue weighted by molar-refractivity contribution is 5.84. The molecule has 0 aliphatic rings. The van der Waals surface area contributed by atoms with Crippen LogP contribution in [-0.2, 0) is 0 Å². The van der Waals surface area contributed by atoms with Crippen molar-refractivity contribution in [2.24, 2.45) is 0 Å². The van der Waals surface area contributed by atoms with Gasteiger partial charge in [0.2, 0.25) is 0 Å². The predicted molar refractivity (Wildman–Crippen MR) is 314 cm³/mol. The summed E-state index contributed by atoms with van der Waals surface area (Å²) in [5, 5.41) is 0. The molecular formula is C72H52N2. The van der Waals surface area contributed by atoms with Crippen molar-refractivity contribution in [1.82, 2.24) is 0 Å². The minimum absolute atomic E-state index is 1.09. The Morgan fingerprint density at radius 2 is 0.284 bits per heavy atom. The van der Waals surface area contributed by atoms with Crippen LogP contribution < -0.4 is 9.80 Å². The predicted octanol–water partition coefficient (Wildman–Crippen LogP) is 20.3. The lowest BCUT2D eigenvalue weighted by molar-refractivity contribution is 1.28.